The molecule has 0 saturated carbocycles. The Hall–Kier alpha value is -2.24. The van der Waals surface area contributed by atoms with E-state index >= 15 is 0 Å². The molecule has 2 aliphatic rings. The van der Waals surface area contributed by atoms with Crippen molar-refractivity contribution in [3.63, 3.8) is 0 Å². The Labute approximate surface area is 162 Å². The monoisotopic (exact) mass is 386 g/mol. The first-order valence-electron chi connectivity index (χ1n) is 9.08. The highest BCUT2D eigenvalue weighted by atomic mass is 35.5. The second-order valence-corrected chi connectivity index (χ2v) is 7.64. The first-order valence-corrected chi connectivity index (χ1v) is 9.46. The normalized spacial score (nSPS) is 22.5. The van der Waals surface area contributed by atoms with Crippen LogP contribution in [0.5, 0.6) is 0 Å². The van der Waals surface area contributed by atoms with E-state index in [0.29, 0.717) is 43.2 Å². The van der Waals surface area contributed by atoms with Gasteiger partial charge in [0.25, 0.3) is 0 Å². The summed E-state index contributed by atoms with van der Waals surface area (Å²) in [6.07, 6.45) is 0.664. The van der Waals surface area contributed by atoms with Gasteiger partial charge >= 0.3 is 0 Å². The van der Waals surface area contributed by atoms with Crippen molar-refractivity contribution >= 4 is 23.4 Å². The first-order chi connectivity index (χ1) is 13.0. The van der Waals surface area contributed by atoms with Crippen LogP contribution in [0.25, 0.3) is 0 Å². The molecule has 0 spiro atoms. The number of carbonyl (C=O) groups is 2. The summed E-state index contributed by atoms with van der Waals surface area (Å²) in [5.74, 6) is -1.19. The van der Waals surface area contributed by atoms with Gasteiger partial charge in [-0.15, -0.1) is 0 Å². The molecule has 140 valence electrons. The lowest BCUT2D eigenvalue weighted by Gasteiger charge is -2.21. The Kier molecular flexibility index (Phi) is 4.98. The summed E-state index contributed by atoms with van der Waals surface area (Å²) >= 11 is 5.79. The highest BCUT2D eigenvalue weighted by Gasteiger charge is 2.51. The number of carbonyl (C=O) groups excluding carboxylic acids is 2. The second kappa shape index (κ2) is 7.41. The number of amides is 2. The summed E-state index contributed by atoms with van der Waals surface area (Å²) in [7, 11) is 0. The van der Waals surface area contributed by atoms with Crippen LogP contribution in [-0.4, -0.2) is 41.2 Å². The maximum atomic E-state index is 14.0. The van der Waals surface area contributed by atoms with E-state index in [1.165, 1.54) is 11.0 Å². The van der Waals surface area contributed by atoms with Crippen molar-refractivity contribution in [3.05, 3.63) is 70.5 Å². The van der Waals surface area contributed by atoms with Gasteiger partial charge in [-0.3, -0.25) is 19.4 Å². The van der Waals surface area contributed by atoms with Crippen LogP contribution in [0.2, 0.25) is 5.02 Å². The van der Waals surface area contributed by atoms with E-state index in [-0.39, 0.29) is 29.5 Å². The lowest BCUT2D eigenvalue weighted by Crippen LogP contribution is -2.37. The van der Waals surface area contributed by atoms with E-state index in [1.807, 2.05) is 35.2 Å². The number of hydrogen-bond acceptors (Lipinski definition) is 3. The van der Waals surface area contributed by atoms with Crippen LogP contribution in [0, 0.1) is 17.7 Å². The highest BCUT2D eigenvalue weighted by molar-refractivity contribution is 6.30. The smallest absolute Gasteiger partial charge is 0.234 e. The fourth-order valence-electron chi connectivity index (χ4n) is 4.02. The summed E-state index contributed by atoms with van der Waals surface area (Å²) in [6.45, 7) is 1.76. The maximum absolute atomic E-state index is 14.0. The van der Waals surface area contributed by atoms with Crippen LogP contribution in [0.4, 0.5) is 4.39 Å². The van der Waals surface area contributed by atoms with Crippen LogP contribution in [-0.2, 0) is 22.6 Å². The van der Waals surface area contributed by atoms with Crippen LogP contribution >= 0.6 is 11.6 Å². The summed E-state index contributed by atoms with van der Waals surface area (Å²) in [4.78, 5) is 28.8. The van der Waals surface area contributed by atoms with E-state index in [1.54, 1.807) is 12.1 Å². The molecular weight excluding hydrogens is 367 g/mol. The number of likely N-dealkylation sites (tertiary alicyclic amines) is 2. The van der Waals surface area contributed by atoms with Gasteiger partial charge in [0.15, 0.2) is 0 Å². The molecule has 2 saturated heterocycles. The molecule has 0 aliphatic carbocycles. The third-order valence-corrected chi connectivity index (χ3v) is 5.67. The van der Waals surface area contributed by atoms with E-state index in [4.69, 9.17) is 11.6 Å². The molecule has 2 heterocycles. The highest BCUT2D eigenvalue weighted by Crippen LogP contribution is 2.34. The molecule has 0 bridgehead atoms. The molecule has 0 N–H and O–H groups in total. The summed E-state index contributed by atoms with van der Waals surface area (Å²) in [5, 5.41) is 0.356. The molecule has 6 heteroatoms. The molecule has 2 atom stereocenters. The Morgan fingerprint density at radius 2 is 1.67 bits per heavy atom. The number of halogens is 2. The number of rotatable bonds is 5. The molecule has 0 radical (unpaired) electrons. The molecule has 0 aromatic heterocycles. The molecule has 4 nitrogen and oxygen atoms in total. The van der Waals surface area contributed by atoms with E-state index in [2.05, 4.69) is 0 Å². The number of hydrogen-bond donors (Lipinski definition) is 0. The van der Waals surface area contributed by atoms with E-state index in [0.717, 1.165) is 5.56 Å². The SMILES string of the molecule is O=C1[C@H]2CN(Cc3ccc(Cl)cc3F)C[C@H]2C(=O)N1CCc1ccccc1. The van der Waals surface area contributed by atoms with Gasteiger partial charge in [0, 0.05) is 36.8 Å². The minimum atomic E-state index is -0.360. The standard InChI is InChI=1S/C21H20ClFN2O2/c22-16-7-6-15(19(23)10-16)11-24-12-17-18(13-24)21(27)25(20(17)26)9-8-14-4-2-1-3-5-14/h1-7,10,17-18H,8-9,11-13H2/t17-,18+. The van der Waals surface area contributed by atoms with Crippen molar-refractivity contribution in [1.29, 1.82) is 0 Å². The molecule has 2 amide bonds. The Morgan fingerprint density at radius 3 is 2.30 bits per heavy atom. The second-order valence-electron chi connectivity index (χ2n) is 7.21. The largest absolute Gasteiger partial charge is 0.297 e. The number of fused-ring (bicyclic) bond motifs is 1. The maximum Gasteiger partial charge on any atom is 0.234 e. The predicted octanol–water partition coefficient (Wildman–Crippen LogP) is 3.14. The molecule has 0 unspecified atom stereocenters. The lowest BCUT2D eigenvalue weighted by molar-refractivity contribution is -0.140. The third kappa shape index (κ3) is 3.62. The van der Waals surface area contributed by atoms with Gasteiger partial charge in [0.1, 0.15) is 5.82 Å². The first kappa shape index (κ1) is 18.1. The summed E-state index contributed by atoms with van der Waals surface area (Å²) in [5.41, 5.74) is 1.63. The Bertz CT molecular complexity index is 850. The number of benzene rings is 2. The van der Waals surface area contributed by atoms with Gasteiger partial charge in [-0.25, -0.2) is 4.39 Å². The molecule has 2 aliphatic heterocycles. The van der Waals surface area contributed by atoms with Crippen LogP contribution in [0.15, 0.2) is 48.5 Å². The molecule has 2 aromatic carbocycles. The van der Waals surface area contributed by atoms with Gasteiger partial charge in [0.05, 0.1) is 11.8 Å². The average molecular weight is 387 g/mol. The van der Waals surface area contributed by atoms with Crippen molar-refractivity contribution in [1.82, 2.24) is 9.80 Å². The minimum absolute atomic E-state index is 0.0972. The van der Waals surface area contributed by atoms with Crippen molar-refractivity contribution in [2.75, 3.05) is 19.6 Å². The molecule has 2 fully saturated rings. The van der Waals surface area contributed by atoms with Gasteiger partial charge < -0.3 is 0 Å². The van der Waals surface area contributed by atoms with E-state index < -0.39 is 0 Å². The van der Waals surface area contributed by atoms with E-state index in [9.17, 15) is 14.0 Å². The van der Waals surface area contributed by atoms with Gasteiger partial charge in [0.2, 0.25) is 11.8 Å². The molecule has 4 rings (SSSR count). The summed E-state index contributed by atoms with van der Waals surface area (Å²) in [6, 6.07) is 14.4. The fourth-order valence-corrected chi connectivity index (χ4v) is 4.18. The van der Waals surface area contributed by atoms with Crippen molar-refractivity contribution in [2.24, 2.45) is 11.8 Å². The quantitative estimate of drug-likeness (QED) is 0.741. The number of imide groups is 1. The zero-order valence-electron chi connectivity index (χ0n) is 14.8. The lowest BCUT2D eigenvalue weighted by atomic mass is 10.00. The molecule has 27 heavy (non-hydrogen) atoms. The Morgan fingerprint density at radius 1 is 1.00 bits per heavy atom. The molecular formula is C21H20ClFN2O2. The zero-order chi connectivity index (χ0) is 19.0. The van der Waals surface area contributed by atoms with Gasteiger partial charge in [-0.2, -0.15) is 0 Å². The van der Waals surface area contributed by atoms with Crippen molar-refractivity contribution in [3.8, 4) is 0 Å². The van der Waals surface area contributed by atoms with Crippen LogP contribution in [0.1, 0.15) is 11.1 Å². The third-order valence-electron chi connectivity index (χ3n) is 5.44. The predicted molar refractivity (Wildman–Crippen MR) is 101 cm³/mol. The number of nitrogens with zero attached hydrogens (tertiary/aromatic N) is 2. The minimum Gasteiger partial charge on any atom is -0.297 e. The van der Waals surface area contributed by atoms with Crippen molar-refractivity contribution < 1.29 is 14.0 Å². The fraction of sp³-hybridized carbons (Fsp3) is 0.333. The molecule has 2 aromatic rings. The van der Waals surface area contributed by atoms with Crippen molar-refractivity contribution in [2.45, 2.75) is 13.0 Å². The van der Waals surface area contributed by atoms with Gasteiger partial charge in [-0.1, -0.05) is 48.0 Å². The van der Waals surface area contributed by atoms with Gasteiger partial charge in [-0.05, 0) is 24.1 Å². The summed E-state index contributed by atoms with van der Waals surface area (Å²) < 4.78 is 14.0. The average Bonchev–Trinajstić information content (AvgIpc) is 3.16. The van der Waals surface area contributed by atoms with Crippen LogP contribution in [0.3, 0.4) is 0 Å². The zero-order valence-corrected chi connectivity index (χ0v) is 15.5. The Balaban J connectivity index is 1.39. The topological polar surface area (TPSA) is 40.6 Å². The van der Waals surface area contributed by atoms with Crippen LogP contribution < -0.4 is 0 Å².